The summed E-state index contributed by atoms with van der Waals surface area (Å²) in [7, 11) is 0. The molecular formula is C26H34N4O7. The van der Waals surface area contributed by atoms with Crippen LogP contribution in [0, 0.1) is 5.92 Å². The number of nitrogens with two attached hydrogens (primary N) is 1. The molecule has 8 N–H and O–H groups in total. The molecule has 3 amide bonds. The van der Waals surface area contributed by atoms with Crippen LogP contribution in [-0.2, 0) is 32.0 Å². The van der Waals surface area contributed by atoms with Crippen LogP contribution in [0.4, 0.5) is 0 Å². The Labute approximate surface area is 215 Å². The standard InChI is InChI=1S/C26H34N4O7/c1-14(2)22(27)25(35)28-15(3)23(33)29-20(12-16-4-8-18(31)9-5-16)24(34)30-21(26(36)37)13-17-6-10-19(32)11-7-17/h4-11,14-15,20-22,31-32H,12-13,27H2,1-3H3,(H,28,35)(H,29,33)(H,30,34)(H,36,37). The first-order valence-corrected chi connectivity index (χ1v) is 11.8. The second kappa shape index (κ2) is 13.3. The van der Waals surface area contributed by atoms with Crippen LogP contribution in [0.1, 0.15) is 31.9 Å². The summed E-state index contributed by atoms with van der Waals surface area (Å²) in [5.74, 6) is -3.31. The van der Waals surface area contributed by atoms with Crippen molar-refractivity contribution < 1.29 is 34.5 Å². The van der Waals surface area contributed by atoms with Crippen LogP contribution in [-0.4, -0.2) is 63.2 Å². The van der Waals surface area contributed by atoms with Gasteiger partial charge in [-0.1, -0.05) is 38.1 Å². The molecule has 0 radical (unpaired) electrons. The first kappa shape index (κ1) is 29.1. The van der Waals surface area contributed by atoms with Crippen LogP contribution in [0.2, 0.25) is 0 Å². The van der Waals surface area contributed by atoms with Crippen LogP contribution in [0.3, 0.4) is 0 Å². The molecule has 11 heteroatoms. The molecule has 37 heavy (non-hydrogen) atoms. The molecule has 0 aliphatic heterocycles. The Bertz CT molecular complexity index is 1090. The predicted molar refractivity (Wildman–Crippen MR) is 136 cm³/mol. The van der Waals surface area contributed by atoms with E-state index in [1.54, 1.807) is 38.1 Å². The number of carboxylic acid groups (broad SMARTS) is 1. The van der Waals surface area contributed by atoms with Gasteiger partial charge in [0.05, 0.1) is 6.04 Å². The van der Waals surface area contributed by atoms with Gasteiger partial charge in [-0.3, -0.25) is 14.4 Å². The van der Waals surface area contributed by atoms with E-state index >= 15 is 0 Å². The molecule has 0 spiro atoms. The topological polar surface area (TPSA) is 191 Å². The number of phenols is 2. The predicted octanol–water partition coefficient (Wildman–Crippen LogP) is 0.425. The van der Waals surface area contributed by atoms with Crippen molar-refractivity contribution in [1.29, 1.82) is 0 Å². The average Bonchev–Trinajstić information content (AvgIpc) is 2.84. The molecule has 0 saturated carbocycles. The number of hydrogen-bond acceptors (Lipinski definition) is 7. The smallest absolute Gasteiger partial charge is 0.326 e. The molecule has 4 atom stereocenters. The van der Waals surface area contributed by atoms with Gasteiger partial charge in [-0.05, 0) is 48.2 Å². The summed E-state index contributed by atoms with van der Waals surface area (Å²) in [6.07, 6.45) is -0.0592. The summed E-state index contributed by atoms with van der Waals surface area (Å²) in [4.78, 5) is 50.1. The Morgan fingerprint density at radius 3 is 1.57 bits per heavy atom. The van der Waals surface area contributed by atoms with Crippen molar-refractivity contribution in [2.45, 2.75) is 57.8 Å². The molecular weight excluding hydrogens is 480 g/mol. The van der Waals surface area contributed by atoms with E-state index in [1.165, 1.54) is 31.2 Å². The largest absolute Gasteiger partial charge is 0.508 e. The SMILES string of the molecule is CC(NC(=O)C(N)C(C)C)C(=O)NC(Cc1ccc(O)cc1)C(=O)NC(Cc1ccc(O)cc1)C(=O)O. The lowest BCUT2D eigenvalue weighted by atomic mass is 10.0. The number of nitrogens with one attached hydrogen (secondary N) is 3. The number of rotatable bonds is 12. The van der Waals surface area contributed by atoms with E-state index in [0.29, 0.717) is 11.1 Å². The van der Waals surface area contributed by atoms with Gasteiger partial charge in [0.15, 0.2) is 0 Å². The summed E-state index contributed by atoms with van der Waals surface area (Å²) >= 11 is 0. The quantitative estimate of drug-likeness (QED) is 0.212. The van der Waals surface area contributed by atoms with Gasteiger partial charge in [-0.25, -0.2) is 4.79 Å². The fourth-order valence-electron chi connectivity index (χ4n) is 3.39. The van der Waals surface area contributed by atoms with Crippen molar-refractivity contribution >= 4 is 23.7 Å². The number of phenolic OH excluding ortho intramolecular Hbond substituents is 2. The maximum atomic E-state index is 13.2. The van der Waals surface area contributed by atoms with Crippen molar-refractivity contribution in [2.24, 2.45) is 11.7 Å². The van der Waals surface area contributed by atoms with Crippen molar-refractivity contribution in [2.75, 3.05) is 0 Å². The lowest BCUT2D eigenvalue weighted by Gasteiger charge is -2.24. The van der Waals surface area contributed by atoms with Gasteiger partial charge in [0, 0.05) is 12.8 Å². The molecule has 0 fully saturated rings. The maximum Gasteiger partial charge on any atom is 0.326 e. The Kier molecular flexibility index (Phi) is 10.4. The molecule has 2 aromatic carbocycles. The number of carbonyl (C=O) groups is 4. The fraction of sp³-hybridized carbons (Fsp3) is 0.385. The normalized spacial score (nSPS) is 14.2. The molecule has 200 valence electrons. The van der Waals surface area contributed by atoms with Crippen LogP contribution in [0.15, 0.2) is 48.5 Å². The summed E-state index contributed by atoms with van der Waals surface area (Å²) in [5.41, 5.74) is 7.00. The molecule has 0 aliphatic rings. The molecule has 0 saturated heterocycles. The second-order valence-electron chi connectivity index (χ2n) is 9.20. The molecule has 0 heterocycles. The Hall–Kier alpha value is -4.12. The van der Waals surface area contributed by atoms with Crippen molar-refractivity contribution in [3.8, 4) is 11.5 Å². The number of benzene rings is 2. The van der Waals surface area contributed by atoms with Crippen molar-refractivity contribution in [3.05, 3.63) is 59.7 Å². The molecule has 0 aromatic heterocycles. The first-order chi connectivity index (χ1) is 17.4. The zero-order valence-corrected chi connectivity index (χ0v) is 21.0. The fourth-order valence-corrected chi connectivity index (χ4v) is 3.39. The van der Waals surface area contributed by atoms with E-state index in [4.69, 9.17) is 5.73 Å². The van der Waals surface area contributed by atoms with Gasteiger partial charge in [-0.15, -0.1) is 0 Å². The lowest BCUT2D eigenvalue weighted by Crippen LogP contribution is -2.57. The maximum absolute atomic E-state index is 13.2. The van der Waals surface area contributed by atoms with Gasteiger partial charge in [0.2, 0.25) is 17.7 Å². The van der Waals surface area contributed by atoms with E-state index in [2.05, 4.69) is 16.0 Å². The number of hydrogen-bond donors (Lipinski definition) is 7. The molecule has 0 aliphatic carbocycles. The van der Waals surface area contributed by atoms with E-state index in [1.807, 2.05) is 0 Å². The molecule has 11 nitrogen and oxygen atoms in total. The average molecular weight is 515 g/mol. The highest BCUT2D eigenvalue weighted by Crippen LogP contribution is 2.14. The zero-order chi connectivity index (χ0) is 27.7. The van der Waals surface area contributed by atoms with Crippen LogP contribution < -0.4 is 21.7 Å². The Morgan fingerprint density at radius 2 is 1.14 bits per heavy atom. The Morgan fingerprint density at radius 1 is 0.703 bits per heavy atom. The number of aliphatic carboxylic acids is 1. The van der Waals surface area contributed by atoms with E-state index in [0.717, 1.165) is 0 Å². The highest BCUT2D eigenvalue weighted by Gasteiger charge is 2.29. The zero-order valence-electron chi connectivity index (χ0n) is 21.0. The highest BCUT2D eigenvalue weighted by molar-refractivity contribution is 5.94. The van der Waals surface area contributed by atoms with Gasteiger partial charge < -0.3 is 37.0 Å². The van der Waals surface area contributed by atoms with E-state index in [9.17, 15) is 34.5 Å². The summed E-state index contributed by atoms with van der Waals surface area (Å²) in [6.45, 7) is 4.98. The lowest BCUT2D eigenvalue weighted by molar-refractivity contribution is -0.142. The third-order valence-electron chi connectivity index (χ3n) is 5.77. The minimum Gasteiger partial charge on any atom is -0.508 e. The molecule has 4 unspecified atom stereocenters. The first-order valence-electron chi connectivity index (χ1n) is 11.8. The van der Waals surface area contributed by atoms with Gasteiger partial charge in [0.1, 0.15) is 29.6 Å². The van der Waals surface area contributed by atoms with Gasteiger partial charge >= 0.3 is 5.97 Å². The minimum absolute atomic E-state index is 0.00439. The van der Waals surface area contributed by atoms with Gasteiger partial charge in [0.25, 0.3) is 0 Å². The third-order valence-corrected chi connectivity index (χ3v) is 5.77. The number of carbonyl (C=O) groups excluding carboxylic acids is 3. The van der Waals surface area contributed by atoms with E-state index in [-0.39, 0.29) is 30.3 Å². The van der Waals surface area contributed by atoms with Crippen LogP contribution in [0.25, 0.3) is 0 Å². The summed E-state index contributed by atoms with van der Waals surface area (Å²) in [5, 5.41) is 36.2. The van der Waals surface area contributed by atoms with Crippen LogP contribution in [0.5, 0.6) is 11.5 Å². The highest BCUT2D eigenvalue weighted by atomic mass is 16.4. The van der Waals surface area contributed by atoms with Gasteiger partial charge in [-0.2, -0.15) is 0 Å². The number of carboxylic acids is 1. The minimum atomic E-state index is -1.31. The molecule has 0 bridgehead atoms. The molecule has 2 rings (SSSR count). The monoisotopic (exact) mass is 514 g/mol. The second-order valence-corrected chi connectivity index (χ2v) is 9.20. The summed E-state index contributed by atoms with van der Waals surface area (Å²) in [6, 6.07) is 7.56. The van der Waals surface area contributed by atoms with Crippen molar-refractivity contribution in [3.63, 3.8) is 0 Å². The van der Waals surface area contributed by atoms with E-state index < -0.39 is 47.9 Å². The summed E-state index contributed by atoms with van der Waals surface area (Å²) < 4.78 is 0. The number of aromatic hydroxyl groups is 2. The molecule has 2 aromatic rings. The van der Waals surface area contributed by atoms with Crippen molar-refractivity contribution in [1.82, 2.24) is 16.0 Å². The Balaban J connectivity index is 2.18. The number of amides is 3. The van der Waals surface area contributed by atoms with Crippen LogP contribution >= 0.6 is 0 Å². The third kappa shape index (κ3) is 9.12.